The molecular formula is C21H17N3O3S3. The molecule has 0 aliphatic carbocycles. The molecular weight excluding hydrogens is 438 g/mol. The summed E-state index contributed by atoms with van der Waals surface area (Å²) in [5.41, 5.74) is 1.98. The highest BCUT2D eigenvalue weighted by atomic mass is 32.2. The van der Waals surface area contributed by atoms with Crippen LogP contribution in [-0.2, 0) is 11.8 Å². The second-order valence-electron chi connectivity index (χ2n) is 6.54. The quantitative estimate of drug-likeness (QED) is 0.260. The molecule has 0 saturated heterocycles. The minimum atomic E-state index is -0.164. The van der Waals surface area contributed by atoms with Gasteiger partial charge in [0, 0.05) is 41.0 Å². The number of thiophene rings is 2. The van der Waals surface area contributed by atoms with Crippen molar-refractivity contribution in [3.05, 3.63) is 63.1 Å². The number of amides is 1. The van der Waals surface area contributed by atoms with Crippen LogP contribution in [0.15, 0.2) is 57.1 Å². The van der Waals surface area contributed by atoms with E-state index in [2.05, 4.69) is 10.3 Å². The largest absolute Gasteiger partial charge is 0.326 e. The molecule has 0 atom stereocenters. The Labute approximate surface area is 184 Å². The molecule has 0 radical (unpaired) electrons. The van der Waals surface area contributed by atoms with Crippen molar-refractivity contribution in [1.82, 2.24) is 9.55 Å². The average molecular weight is 456 g/mol. The number of carbonyl (C=O) groups excluding carboxylic acids is 2. The fourth-order valence-corrected chi connectivity index (χ4v) is 5.62. The summed E-state index contributed by atoms with van der Waals surface area (Å²) in [4.78, 5) is 43.0. The lowest BCUT2D eigenvalue weighted by Gasteiger charge is -2.08. The van der Waals surface area contributed by atoms with E-state index in [4.69, 9.17) is 0 Å². The van der Waals surface area contributed by atoms with Crippen LogP contribution in [0.3, 0.4) is 0 Å². The van der Waals surface area contributed by atoms with Crippen molar-refractivity contribution in [3.8, 4) is 10.4 Å². The Morgan fingerprint density at radius 1 is 1.17 bits per heavy atom. The first-order valence-corrected chi connectivity index (χ1v) is 11.7. The molecule has 6 nitrogen and oxygen atoms in total. The summed E-state index contributed by atoms with van der Waals surface area (Å²) < 4.78 is 1.50. The molecule has 9 heteroatoms. The van der Waals surface area contributed by atoms with Gasteiger partial charge in [0.1, 0.15) is 4.83 Å². The van der Waals surface area contributed by atoms with Crippen LogP contribution < -0.4 is 10.9 Å². The molecule has 30 heavy (non-hydrogen) atoms. The Kier molecular flexibility index (Phi) is 5.85. The van der Waals surface area contributed by atoms with Crippen molar-refractivity contribution in [2.45, 2.75) is 12.1 Å². The second kappa shape index (κ2) is 8.55. The molecule has 1 amide bonds. The number of Topliss-reactive ketones (excluding diaryl/α,β-unsaturated/α-hetero) is 1. The lowest BCUT2D eigenvalue weighted by atomic mass is 10.1. The maximum atomic E-state index is 13.0. The van der Waals surface area contributed by atoms with Crippen LogP contribution in [0.4, 0.5) is 5.69 Å². The molecule has 1 N–H and O–H groups in total. The molecule has 0 fully saturated rings. The predicted octanol–water partition coefficient (Wildman–Crippen LogP) is 4.66. The summed E-state index contributed by atoms with van der Waals surface area (Å²) in [5.74, 6) is -0.0777. The SMILES string of the molecule is CC(=O)Nc1ccc(C(=O)CSc2nc3scc(-c4cccs4)c3c(=O)n2C)cc1. The van der Waals surface area contributed by atoms with Crippen molar-refractivity contribution in [1.29, 1.82) is 0 Å². The summed E-state index contributed by atoms with van der Waals surface area (Å²) in [5, 5.41) is 7.74. The van der Waals surface area contributed by atoms with Gasteiger partial charge in [-0.1, -0.05) is 17.8 Å². The lowest BCUT2D eigenvalue weighted by molar-refractivity contribution is -0.114. The molecule has 0 bridgehead atoms. The third kappa shape index (κ3) is 4.09. The zero-order valence-electron chi connectivity index (χ0n) is 16.2. The maximum Gasteiger partial charge on any atom is 0.263 e. The van der Waals surface area contributed by atoms with E-state index in [0.717, 1.165) is 10.4 Å². The van der Waals surface area contributed by atoms with Gasteiger partial charge in [-0.2, -0.15) is 0 Å². The molecule has 152 valence electrons. The number of anilines is 1. The number of benzene rings is 1. The Hall–Kier alpha value is -2.75. The number of carbonyl (C=O) groups is 2. The van der Waals surface area contributed by atoms with Crippen LogP contribution in [0, 0.1) is 0 Å². The number of nitrogens with one attached hydrogen (secondary N) is 1. The van der Waals surface area contributed by atoms with Crippen LogP contribution in [0.2, 0.25) is 0 Å². The molecule has 4 aromatic rings. The van der Waals surface area contributed by atoms with Crippen LogP contribution >= 0.6 is 34.4 Å². The van der Waals surface area contributed by atoms with Crippen LogP contribution in [0.25, 0.3) is 20.7 Å². The van der Waals surface area contributed by atoms with Crippen molar-refractivity contribution < 1.29 is 9.59 Å². The number of rotatable bonds is 6. The molecule has 1 aromatic carbocycles. The normalized spacial score (nSPS) is 11.0. The van der Waals surface area contributed by atoms with E-state index in [1.807, 2.05) is 22.9 Å². The first kappa shape index (κ1) is 20.5. The van der Waals surface area contributed by atoms with Gasteiger partial charge in [-0.25, -0.2) is 4.98 Å². The molecule has 0 unspecified atom stereocenters. The van der Waals surface area contributed by atoms with E-state index in [1.165, 1.54) is 34.6 Å². The molecule has 0 saturated carbocycles. The number of aromatic nitrogens is 2. The van der Waals surface area contributed by atoms with Crippen molar-refractivity contribution in [2.24, 2.45) is 7.05 Å². The number of ketones is 1. The number of hydrogen-bond donors (Lipinski definition) is 1. The first-order chi connectivity index (χ1) is 14.4. The molecule has 0 aliphatic heterocycles. The summed E-state index contributed by atoms with van der Waals surface area (Å²) in [7, 11) is 1.68. The number of fused-ring (bicyclic) bond motifs is 1. The van der Waals surface area contributed by atoms with E-state index in [-0.39, 0.29) is 23.0 Å². The number of hydrogen-bond acceptors (Lipinski definition) is 7. The highest BCUT2D eigenvalue weighted by molar-refractivity contribution is 7.99. The molecule has 3 aromatic heterocycles. The van der Waals surface area contributed by atoms with Crippen LogP contribution in [0.1, 0.15) is 17.3 Å². The Bertz CT molecular complexity index is 1290. The van der Waals surface area contributed by atoms with Gasteiger partial charge in [0.2, 0.25) is 5.91 Å². The van der Waals surface area contributed by atoms with Gasteiger partial charge in [-0.05, 0) is 35.7 Å². The Morgan fingerprint density at radius 3 is 2.60 bits per heavy atom. The van der Waals surface area contributed by atoms with E-state index >= 15 is 0 Å². The molecule has 3 heterocycles. The maximum absolute atomic E-state index is 13.0. The van der Waals surface area contributed by atoms with Gasteiger partial charge in [0.05, 0.1) is 11.1 Å². The minimum absolute atomic E-state index is 0.0748. The van der Waals surface area contributed by atoms with Crippen molar-refractivity contribution in [3.63, 3.8) is 0 Å². The fourth-order valence-electron chi connectivity index (χ4n) is 2.95. The van der Waals surface area contributed by atoms with Gasteiger partial charge >= 0.3 is 0 Å². The first-order valence-electron chi connectivity index (χ1n) is 9.00. The van der Waals surface area contributed by atoms with E-state index < -0.39 is 0 Å². The number of thioether (sulfide) groups is 1. The van der Waals surface area contributed by atoms with Gasteiger partial charge < -0.3 is 5.32 Å². The smallest absolute Gasteiger partial charge is 0.263 e. The van der Waals surface area contributed by atoms with E-state index in [9.17, 15) is 14.4 Å². The summed E-state index contributed by atoms with van der Waals surface area (Å²) >= 11 is 4.27. The standard InChI is InChI=1S/C21H17N3O3S3/c1-12(25)22-14-7-5-13(6-8-14)16(26)11-30-21-23-19-18(20(27)24(21)2)15(10-29-19)17-4-3-9-28-17/h3-10H,11H2,1-2H3,(H,22,25). The van der Waals surface area contributed by atoms with Crippen LogP contribution in [0.5, 0.6) is 0 Å². The van der Waals surface area contributed by atoms with E-state index in [0.29, 0.717) is 26.6 Å². The van der Waals surface area contributed by atoms with Crippen molar-refractivity contribution in [2.75, 3.05) is 11.1 Å². The summed E-state index contributed by atoms with van der Waals surface area (Å²) in [6.07, 6.45) is 0. The fraction of sp³-hybridized carbons (Fsp3) is 0.143. The molecule has 0 spiro atoms. The highest BCUT2D eigenvalue weighted by Gasteiger charge is 2.17. The third-order valence-electron chi connectivity index (χ3n) is 4.42. The summed E-state index contributed by atoms with van der Waals surface area (Å²) in [6.45, 7) is 1.43. The number of nitrogens with zero attached hydrogens (tertiary/aromatic N) is 2. The highest BCUT2D eigenvalue weighted by Crippen LogP contribution is 2.34. The van der Waals surface area contributed by atoms with Crippen molar-refractivity contribution >= 4 is 62.0 Å². The molecule has 0 aliphatic rings. The molecule has 4 rings (SSSR count). The Balaban J connectivity index is 1.54. The van der Waals surface area contributed by atoms with Gasteiger partial charge in [-0.15, -0.1) is 22.7 Å². The second-order valence-corrected chi connectivity index (χ2v) is 9.28. The van der Waals surface area contributed by atoms with E-state index in [1.54, 1.807) is 42.6 Å². The zero-order chi connectivity index (χ0) is 21.3. The topological polar surface area (TPSA) is 81.1 Å². The van der Waals surface area contributed by atoms with Gasteiger partial charge in [-0.3, -0.25) is 19.0 Å². The minimum Gasteiger partial charge on any atom is -0.326 e. The zero-order valence-corrected chi connectivity index (χ0v) is 18.6. The Morgan fingerprint density at radius 2 is 1.93 bits per heavy atom. The van der Waals surface area contributed by atoms with Gasteiger partial charge in [0.15, 0.2) is 10.9 Å². The predicted molar refractivity (Wildman–Crippen MR) is 124 cm³/mol. The van der Waals surface area contributed by atoms with Crippen LogP contribution in [-0.4, -0.2) is 27.0 Å². The lowest BCUT2D eigenvalue weighted by Crippen LogP contribution is -2.20. The average Bonchev–Trinajstić information content (AvgIpc) is 3.39. The summed E-state index contributed by atoms with van der Waals surface area (Å²) in [6, 6.07) is 10.7. The van der Waals surface area contributed by atoms with Gasteiger partial charge in [0.25, 0.3) is 5.56 Å². The third-order valence-corrected chi connectivity index (χ3v) is 7.23. The monoisotopic (exact) mass is 455 g/mol.